The van der Waals surface area contributed by atoms with Crippen LogP contribution >= 0.6 is 15.9 Å². The van der Waals surface area contributed by atoms with E-state index in [2.05, 4.69) is 15.9 Å². The first-order valence-corrected chi connectivity index (χ1v) is 7.93. The van der Waals surface area contributed by atoms with E-state index in [0.717, 1.165) is 24.7 Å². The second-order valence-corrected chi connectivity index (χ2v) is 5.66. The van der Waals surface area contributed by atoms with E-state index < -0.39 is 0 Å². The lowest BCUT2D eigenvalue weighted by Crippen LogP contribution is -2.41. The number of likely N-dealkylation sites (tertiary alicyclic amines) is 1. The van der Waals surface area contributed by atoms with Gasteiger partial charge in [-0.1, -0.05) is 47.0 Å². The quantitative estimate of drug-likeness (QED) is 0.777. The van der Waals surface area contributed by atoms with Crippen LogP contribution in [0.1, 0.15) is 31.2 Å². The first-order valence-electron chi connectivity index (χ1n) is 6.81. The maximum atomic E-state index is 13.6. The molecule has 0 aromatic heterocycles. The monoisotopic (exact) mass is 327 g/mol. The molecule has 1 aliphatic heterocycles. The Morgan fingerprint density at radius 3 is 2.84 bits per heavy atom. The van der Waals surface area contributed by atoms with Crippen LogP contribution in [0.2, 0.25) is 0 Å². The lowest BCUT2D eigenvalue weighted by Gasteiger charge is -2.29. The van der Waals surface area contributed by atoms with Crippen molar-refractivity contribution in [3.8, 4) is 0 Å². The molecule has 4 heteroatoms. The van der Waals surface area contributed by atoms with Gasteiger partial charge in [0.2, 0.25) is 5.91 Å². The first kappa shape index (κ1) is 14.5. The molecule has 1 saturated heterocycles. The Kier molecular flexibility index (Phi) is 5.37. The zero-order valence-electron chi connectivity index (χ0n) is 10.9. The summed E-state index contributed by atoms with van der Waals surface area (Å²) in [6.07, 6.45) is 4.59. The predicted octanol–water partition coefficient (Wildman–Crippen LogP) is 3.53. The van der Waals surface area contributed by atoms with Crippen molar-refractivity contribution in [3.63, 3.8) is 0 Å². The predicted molar refractivity (Wildman–Crippen MR) is 77.9 cm³/mol. The minimum atomic E-state index is -0.291. The highest BCUT2D eigenvalue weighted by atomic mass is 79.9. The van der Waals surface area contributed by atoms with E-state index in [-0.39, 0.29) is 24.2 Å². The van der Waals surface area contributed by atoms with Crippen LogP contribution in [0.15, 0.2) is 24.3 Å². The fourth-order valence-electron chi connectivity index (χ4n) is 2.57. The molecule has 1 aliphatic rings. The molecule has 0 radical (unpaired) electrons. The van der Waals surface area contributed by atoms with Crippen molar-refractivity contribution in [3.05, 3.63) is 35.6 Å². The standard InChI is InChI=1S/C15H19BrFNO/c16-11-13-7-2-1-5-9-18(13)15(19)10-12-6-3-4-8-14(12)17/h3-4,6,8,13H,1-2,5,7,9-11H2. The summed E-state index contributed by atoms with van der Waals surface area (Å²) in [6.45, 7) is 0.795. The number of hydrogen-bond acceptors (Lipinski definition) is 1. The van der Waals surface area contributed by atoms with Gasteiger partial charge in [0, 0.05) is 17.9 Å². The molecule has 1 fully saturated rings. The number of benzene rings is 1. The van der Waals surface area contributed by atoms with Crippen molar-refractivity contribution >= 4 is 21.8 Å². The Morgan fingerprint density at radius 2 is 2.11 bits per heavy atom. The van der Waals surface area contributed by atoms with Crippen LogP contribution in [0.25, 0.3) is 0 Å². The third-order valence-electron chi connectivity index (χ3n) is 3.68. The molecule has 1 amide bonds. The molecule has 0 saturated carbocycles. The summed E-state index contributed by atoms with van der Waals surface area (Å²) in [5, 5.41) is 0.802. The van der Waals surface area contributed by atoms with Gasteiger partial charge in [-0.3, -0.25) is 4.79 Å². The maximum Gasteiger partial charge on any atom is 0.227 e. The highest BCUT2D eigenvalue weighted by Crippen LogP contribution is 2.20. The largest absolute Gasteiger partial charge is 0.339 e. The van der Waals surface area contributed by atoms with Crippen LogP contribution in [0.3, 0.4) is 0 Å². The van der Waals surface area contributed by atoms with Crippen molar-refractivity contribution in [2.45, 2.75) is 38.1 Å². The van der Waals surface area contributed by atoms with Crippen molar-refractivity contribution in [2.75, 3.05) is 11.9 Å². The van der Waals surface area contributed by atoms with Crippen molar-refractivity contribution < 1.29 is 9.18 Å². The number of amides is 1. The molecule has 1 heterocycles. The first-order chi connectivity index (χ1) is 9.22. The minimum absolute atomic E-state index is 0.0384. The summed E-state index contributed by atoms with van der Waals surface area (Å²) in [5.41, 5.74) is 0.491. The van der Waals surface area contributed by atoms with Gasteiger partial charge in [0.15, 0.2) is 0 Å². The summed E-state index contributed by atoms with van der Waals surface area (Å²) in [4.78, 5) is 14.3. The molecule has 1 unspecified atom stereocenters. The van der Waals surface area contributed by atoms with Crippen LogP contribution in [0.5, 0.6) is 0 Å². The SMILES string of the molecule is O=C(Cc1ccccc1F)N1CCCCCC1CBr. The average molecular weight is 328 g/mol. The molecule has 2 rings (SSSR count). The second-order valence-electron chi connectivity index (χ2n) is 5.01. The third kappa shape index (κ3) is 3.78. The van der Waals surface area contributed by atoms with Gasteiger partial charge < -0.3 is 4.90 Å². The van der Waals surface area contributed by atoms with Gasteiger partial charge >= 0.3 is 0 Å². The topological polar surface area (TPSA) is 20.3 Å². The van der Waals surface area contributed by atoms with Crippen molar-refractivity contribution in [1.82, 2.24) is 4.90 Å². The normalized spacial score (nSPS) is 20.1. The smallest absolute Gasteiger partial charge is 0.227 e. The van der Waals surface area contributed by atoms with Crippen molar-refractivity contribution in [1.29, 1.82) is 0 Å². The van der Waals surface area contributed by atoms with Gasteiger partial charge in [-0.25, -0.2) is 4.39 Å². The Morgan fingerprint density at radius 1 is 1.32 bits per heavy atom. The van der Waals surface area contributed by atoms with E-state index in [1.165, 1.54) is 18.9 Å². The van der Waals surface area contributed by atoms with Gasteiger partial charge in [0.05, 0.1) is 6.42 Å². The Balaban J connectivity index is 2.07. The summed E-state index contributed by atoms with van der Waals surface area (Å²) in [5.74, 6) is -0.252. The maximum absolute atomic E-state index is 13.6. The molecule has 19 heavy (non-hydrogen) atoms. The van der Waals surface area contributed by atoms with Gasteiger partial charge in [0.25, 0.3) is 0 Å². The molecule has 1 atom stereocenters. The Labute approximate surface area is 122 Å². The zero-order chi connectivity index (χ0) is 13.7. The fraction of sp³-hybridized carbons (Fsp3) is 0.533. The van der Waals surface area contributed by atoms with E-state index in [1.807, 2.05) is 4.90 Å². The number of carbonyl (C=O) groups excluding carboxylic acids is 1. The van der Waals surface area contributed by atoms with Crippen LogP contribution in [0, 0.1) is 5.82 Å². The molecule has 0 spiro atoms. The van der Waals surface area contributed by atoms with E-state index in [9.17, 15) is 9.18 Å². The van der Waals surface area contributed by atoms with Crippen molar-refractivity contribution in [2.24, 2.45) is 0 Å². The number of halogens is 2. The fourth-order valence-corrected chi connectivity index (χ4v) is 3.25. The third-order valence-corrected chi connectivity index (χ3v) is 4.42. The molecule has 1 aromatic carbocycles. The van der Waals surface area contributed by atoms with E-state index in [0.29, 0.717) is 5.56 Å². The number of carbonyl (C=O) groups is 1. The lowest BCUT2D eigenvalue weighted by molar-refractivity contribution is -0.132. The molecular weight excluding hydrogens is 309 g/mol. The number of hydrogen-bond donors (Lipinski definition) is 0. The van der Waals surface area contributed by atoms with Crippen LogP contribution in [-0.4, -0.2) is 28.7 Å². The number of alkyl halides is 1. The molecule has 0 N–H and O–H groups in total. The van der Waals surface area contributed by atoms with Crippen LogP contribution in [-0.2, 0) is 11.2 Å². The summed E-state index contributed by atoms with van der Waals surface area (Å²) in [6, 6.07) is 6.77. The summed E-state index contributed by atoms with van der Waals surface area (Å²) in [7, 11) is 0. The van der Waals surface area contributed by atoms with Crippen LogP contribution in [0.4, 0.5) is 4.39 Å². The highest BCUT2D eigenvalue weighted by Gasteiger charge is 2.24. The average Bonchev–Trinajstić information content (AvgIpc) is 2.66. The Hall–Kier alpha value is -0.900. The molecule has 104 valence electrons. The number of nitrogens with zero attached hydrogens (tertiary/aromatic N) is 1. The van der Waals surface area contributed by atoms with E-state index >= 15 is 0 Å². The second kappa shape index (κ2) is 7.04. The minimum Gasteiger partial charge on any atom is -0.339 e. The summed E-state index contributed by atoms with van der Waals surface area (Å²) >= 11 is 3.49. The summed E-state index contributed by atoms with van der Waals surface area (Å²) < 4.78 is 13.6. The molecule has 0 aliphatic carbocycles. The zero-order valence-corrected chi connectivity index (χ0v) is 12.5. The molecule has 2 nitrogen and oxygen atoms in total. The van der Waals surface area contributed by atoms with E-state index in [4.69, 9.17) is 0 Å². The highest BCUT2D eigenvalue weighted by molar-refractivity contribution is 9.09. The van der Waals surface area contributed by atoms with Crippen LogP contribution < -0.4 is 0 Å². The van der Waals surface area contributed by atoms with Gasteiger partial charge in [-0.2, -0.15) is 0 Å². The van der Waals surface area contributed by atoms with Gasteiger partial charge in [-0.05, 0) is 24.5 Å². The van der Waals surface area contributed by atoms with E-state index in [1.54, 1.807) is 18.2 Å². The van der Waals surface area contributed by atoms with Gasteiger partial charge in [-0.15, -0.1) is 0 Å². The molecular formula is C15H19BrFNO. The Bertz CT molecular complexity index is 438. The molecule has 1 aromatic rings. The number of rotatable bonds is 3. The van der Waals surface area contributed by atoms with Gasteiger partial charge in [0.1, 0.15) is 5.82 Å². The lowest BCUT2D eigenvalue weighted by atomic mass is 10.1. The molecule has 0 bridgehead atoms.